The lowest BCUT2D eigenvalue weighted by Gasteiger charge is -2.31. The Bertz CT molecular complexity index is 464. The molecule has 0 aromatic heterocycles. The molecular formula is C13H18N2O4. The number of rotatable bonds is 5. The van der Waals surface area contributed by atoms with E-state index >= 15 is 0 Å². The lowest BCUT2D eigenvalue weighted by molar-refractivity contribution is -0.137. The SMILES string of the molecule is CNc1ccc2c(c1)OC[C@H](NCCC(=O)O)[C@@H]2O. The van der Waals surface area contributed by atoms with Gasteiger partial charge in [0, 0.05) is 30.9 Å². The summed E-state index contributed by atoms with van der Waals surface area (Å²) in [6, 6.07) is 5.24. The van der Waals surface area contributed by atoms with Crippen molar-refractivity contribution >= 4 is 11.7 Å². The van der Waals surface area contributed by atoms with Crippen LogP contribution in [0.3, 0.4) is 0 Å². The number of aliphatic carboxylic acids is 1. The third-order valence-electron chi connectivity index (χ3n) is 3.17. The zero-order valence-electron chi connectivity index (χ0n) is 10.7. The van der Waals surface area contributed by atoms with Crippen molar-refractivity contribution in [1.29, 1.82) is 0 Å². The molecule has 0 fully saturated rings. The quantitative estimate of drug-likeness (QED) is 0.623. The molecule has 104 valence electrons. The molecule has 0 saturated carbocycles. The molecule has 0 bridgehead atoms. The second kappa shape index (κ2) is 5.90. The van der Waals surface area contributed by atoms with Gasteiger partial charge in [-0.15, -0.1) is 0 Å². The molecule has 1 aliphatic rings. The number of ether oxygens (including phenoxy) is 1. The summed E-state index contributed by atoms with van der Waals surface area (Å²) in [6.45, 7) is 0.630. The molecule has 1 aromatic carbocycles. The average Bonchev–Trinajstić information content (AvgIpc) is 2.40. The fourth-order valence-electron chi connectivity index (χ4n) is 2.08. The van der Waals surface area contributed by atoms with Gasteiger partial charge in [0.1, 0.15) is 18.5 Å². The van der Waals surface area contributed by atoms with E-state index in [9.17, 15) is 9.90 Å². The van der Waals surface area contributed by atoms with Crippen LogP contribution in [0.5, 0.6) is 5.75 Å². The standard InChI is InChI=1S/C13H18N2O4/c1-14-8-2-3-9-11(6-8)19-7-10(13(9)18)15-5-4-12(16)17/h2-3,6,10,13-15,18H,4-5,7H2,1H3,(H,16,17)/t10-,13+/m0/s1. The van der Waals surface area contributed by atoms with Crippen molar-refractivity contribution < 1.29 is 19.7 Å². The zero-order chi connectivity index (χ0) is 13.8. The number of fused-ring (bicyclic) bond motifs is 1. The van der Waals surface area contributed by atoms with Gasteiger partial charge in [-0.25, -0.2) is 0 Å². The molecule has 0 unspecified atom stereocenters. The maximum Gasteiger partial charge on any atom is 0.304 e. The highest BCUT2D eigenvalue weighted by Gasteiger charge is 2.29. The Morgan fingerprint density at radius 1 is 1.53 bits per heavy atom. The van der Waals surface area contributed by atoms with Gasteiger partial charge in [0.25, 0.3) is 0 Å². The number of aliphatic hydroxyl groups excluding tert-OH is 1. The molecule has 1 aromatic rings. The number of carbonyl (C=O) groups is 1. The van der Waals surface area contributed by atoms with E-state index in [1.807, 2.05) is 25.2 Å². The van der Waals surface area contributed by atoms with Gasteiger partial charge in [-0.05, 0) is 6.07 Å². The minimum Gasteiger partial charge on any atom is -0.491 e. The van der Waals surface area contributed by atoms with E-state index in [-0.39, 0.29) is 12.5 Å². The van der Waals surface area contributed by atoms with Crippen molar-refractivity contribution in [2.45, 2.75) is 18.6 Å². The maximum atomic E-state index is 10.5. The predicted octanol–water partition coefficient (Wildman–Crippen LogP) is 0.587. The number of nitrogens with one attached hydrogen (secondary N) is 2. The van der Waals surface area contributed by atoms with Gasteiger partial charge in [0.15, 0.2) is 0 Å². The smallest absolute Gasteiger partial charge is 0.304 e. The second-order valence-electron chi connectivity index (χ2n) is 4.46. The molecule has 0 spiro atoms. The van der Waals surface area contributed by atoms with Gasteiger partial charge >= 0.3 is 5.97 Å². The third kappa shape index (κ3) is 3.15. The fourth-order valence-corrected chi connectivity index (χ4v) is 2.08. The summed E-state index contributed by atoms with van der Waals surface area (Å²) in [5.74, 6) is -0.201. The summed E-state index contributed by atoms with van der Waals surface area (Å²) in [7, 11) is 1.82. The van der Waals surface area contributed by atoms with Crippen molar-refractivity contribution in [3.05, 3.63) is 23.8 Å². The summed E-state index contributed by atoms with van der Waals surface area (Å²) in [5, 5.41) is 24.8. The largest absolute Gasteiger partial charge is 0.491 e. The zero-order valence-corrected chi connectivity index (χ0v) is 10.7. The molecule has 2 atom stereocenters. The van der Waals surface area contributed by atoms with Crippen LogP contribution in [-0.2, 0) is 4.79 Å². The van der Waals surface area contributed by atoms with Crippen LogP contribution >= 0.6 is 0 Å². The Morgan fingerprint density at radius 3 is 3.00 bits per heavy atom. The molecule has 6 nitrogen and oxygen atoms in total. The third-order valence-corrected chi connectivity index (χ3v) is 3.17. The highest BCUT2D eigenvalue weighted by Crippen LogP contribution is 2.34. The Morgan fingerprint density at radius 2 is 2.32 bits per heavy atom. The molecule has 0 radical (unpaired) electrons. The molecule has 19 heavy (non-hydrogen) atoms. The first-order chi connectivity index (χ1) is 9.11. The van der Waals surface area contributed by atoms with Crippen molar-refractivity contribution in [2.24, 2.45) is 0 Å². The molecule has 1 aliphatic heterocycles. The molecule has 2 rings (SSSR count). The van der Waals surface area contributed by atoms with Crippen LogP contribution in [0.4, 0.5) is 5.69 Å². The van der Waals surface area contributed by atoms with Gasteiger partial charge in [0.2, 0.25) is 0 Å². The number of hydrogen-bond acceptors (Lipinski definition) is 5. The second-order valence-corrected chi connectivity index (χ2v) is 4.46. The van der Waals surface area contributed by atoms with E-state index in [0.29, 0.717) is 18.9 Å². The number of benzene rings is 1. The average molecular weight is 266 g/mol. The Balaban J connectivity index is 2.02. The van der Waals surface area contributed by atoms with Crippen molar-refractivity contribution in [3.8, 4) is 5.75 Å². The van der Waals surface area contributed by atoms with Gasteiger partial charge in [-0.3, -0.25) is 4.79 Å². The van der Waals surface area contributed by atoms with Gasteiger partial charge < -0.3 is 25.6 Å². The van der Waals surface area contributed by atoms with Crippen molar-refractivity contribution in [1.82, 2.24) is 5.32 Å². The fraction of sp³-hybridized carbons (Fsp3) is 0.462. The van der Waals surface area contributed by atoms with Crippen LogP contribution in [0.25, 0.3) is 0 Å². The summed E-state index contributed by atoms with van der Waals surface area (Å²) < 4.78 is 5.60. The predicted molar refractivity (Wildman–Crippen MR) is 70.5 cm³/mol. The van der Waals surface area contributed by atoms with Gasteiger partial charge in [-0.2, -0.15) is 0 Å². The number of carboxylic acid groups (broad SMARTS) is 1. The highest BCUT2D eigenvalue weighted by molar-refractivity contribution is 5.66. The number of hydrogen-bond donors (Lipinski definition) is 4. The minimum absolute atomic E-state index is 0.0226. The molecular weight excluding hydrogens is 248 g/mol. The first kappa shape index (κ1) is 13.6. The molecule has 0 aliphatic carbocycles. The van der Waals surface area contributed by atoms with Crippen LogP contribution in [0.2, 0.25) is 0 Å². The van der Waals surface area contributed by atoms with E-state index in [4.69, 9.17) is 9.84 Å². The van der Waals surface area contributed by atoms with E-state index in [1.165, 1.54) is 0 Å². The molecule has 6 heteroatoms. The number of aliphatic hydroxyl groups is 1. The summed E-state index contributed by atoms with van der Waals surface area (Å²) >= 11 is 0. The summed E-state index contributed by atoms with van der Waals surface area (Å²) in [5.41, 5.74) is 1.64. The first-order valence-electron chi connectivity index (χ1n) is 6.19. The molecule has 4 N–H and O–H groups in total. The Hall–Kier alpha value is -1.79. The van der Waals surface area contributed by atoms with Crippen LogP contribution in [-0.4, -0.2) is 42.4 Å². The minimum atomic E-state index is -0.863. The van der Waals surface area contributed by atoms with Crippen molar-refractivity contribution in [2.75, 3.05) is 25.5 Å². The Labute approximate surface area is 111 Å². The van der Waals surface area contributed by atoms with Gasteiger partial charge in [0.05, 0.1) is 12.5 Å². The van der Waals surface area contributed by atoms with E-state index in [2.05, 4.69) is 10.6 Å². The summed E-state index contributed by atoms with van der Waals surface area (Å²) in [4.78, 5) is 10.5. The summed E-state index contributed by atoms with van der Waals surface area (Å²) in [6.07, 6.45) is -0.669. The number of carboxylic acids is 1. The molecule has 1 heterocycles. The Kier molecular flexibility index (Phi) is 4.24. The monoisotopic (exact) mass is 266 g/mol. The van der Waals surface area contributed by atoms with Gasteiger partial charge in [-0.1, -0.05) is 6.07 Å². The topological polar surface area (TPSA) is 90.8 Å². The van der Waals surface area contributed by atoms with Crippen molar-refractivity contribution in [3.63, 3.8) is 0 Å². The van der Waals surface area contributed by atoms with E-state index < -0.39 is 12.1 Å². The normalized spacial score (nSPS) is 21.4. The van der Waals surface area contributed by atoms with Crippen LogP contribution < -0.4 is 15.4 Å². The molecule has 0 saturated heterocycles. The maximum absolute atomic E-state index is 10.5. The van der Waals surface area contributed by atoms with E-state index in [1.54, 1.807) is 0 Å². The lowest BCUT2D eigenvalue weighted by atomic mass is 9.98. The van der Waals surface area contributed by atoms with Crippen LogP contribution in [0.1, 0.15) is 18.1 Å². The van der Waals surface area contributed by atoms with Crippen LogP contribution in [0, 0.1) is 0 Å². The lowest BCUT2D eigenvalue weighted by Crippen LogP contribution is -2.43. The first-order valence-corrected chi connectivity index (χ1v) is 6.19. The number of anilines is 1. The van der Waals surface area contributed by atoms with E-state index in [0.717, 1.165) is 11.3 Å². The molecule has 0 amide bonds. The highest BCUT2D eigenvalue weighted by atomic mass is 16.5. The van der Waals surface area contributed by atoms with Crippen LogP contribution in [0.15, 0.2) is 18.2 Å².